The van der Waals surface area contributed by atoms with Gasteiger partial charge in [-0.25, -0.2) is 0 Å². The molecule has 0 aromatic heterocycles. The van der Waals surface area contributed by atoms with Crippen LogP contribution in [0.1, 0.15) is 25.3 Å². The topological polar surface area (TPSA) is 55.1 Å². The zero-order valence-electron chi connectivity index (χ0n) is 10.8. The lowest BCUT2D eigenvalue weighted by atomic mass is 10.1. The highest BCUT2D eigenvalue weighted by molar-refractivity contribution is 9.10. The maximum atomic E-state index is 11.6. The molecule has 1 aromatic rings. The van der Waals surface area contributed by atoms with E-state index in [1.165, 1.54) is 0 Å². The molecule has 1 aromatic carbocycles. The molecule has 6 heteroatoms. The third-order valence-electron chi connectivity index (χ3n) is 2.55. The lowest BCUT2D eigenvalue weighted by Crippen LogP contribution is -2.29. The van der Waals surface area contributed by atoms with E-state index < -0.39 is 0 Å². The Bertz CT molecular complexity index is 414. The van der Waals surface area contributed by atoms with Crippen LogP contribution in [0.5, 0.6) is 0 Å². The van der Waals surface area contributed by atoms with Crippen molar-refractivity contribution in [2.75, 3.05) is 6.54 Å². The van der Waals surface area contributed by atoms with Crippen molar-refractivity contribution >= 4 is 45.8 Å². The normalized spacial score (nSPS) is 11.6. The number of amides is 1. The summed E-state index contributed by atoms with van der Waals surface area (Å²) in [7, 11) is 0. The van der Waals surface area contributed by atoms with Crippen LogP contribution in [0.3, 0.4) is 0 Å². The van der Waals surface area contributed by atoms with E-state index in [0.717, 1.165) is 16.5 Å². The van der Waals surface area contributed by atoms with Gasteiger partial charge in [0, 0.05) is 28.5 Å². The maximum absolute atomic E-state index is 11.6. The highest BCUT2D eigenvalue weighted by Crippen LogP contribution is 2.22. The van der Waals surface area contributed by atoms with Crippen LogP contribution in [0.4, 0.5) is 0 Å². The molecule has 0 aliphatic carbocycles. The van der Waals surface area contributed by atoms with E-state index in [4.69, 9.17) is 17.3 Å². The number of hydrogen-bond donors (Lipinski definition) is 2. The molecule has 0 spiro atoms. The Morgan fingerprint density at radius 2 is 2.21 bits per heavy atom. The van der Waals surface area contributed by atoms with Crippen LogP contribution in [-0.2, 0) is 11.2 Å². The minimum absolute atomic E-state index is 0. The Morgan fingerprint density at radius 3 is 2.84 bits per heavy atom. The van der Waals surface area contributed by atoms with E-state index >= 15 is 0 Å². The van der Waals surface area contributed by atoms with E-state index in [0.29, 0.717) is 24.4 Å². The van der Waals surface area contributed by atoms with Gasteiger partial charge in [-0.05, 0) is 43.5 Å². The van der Waals surface area contributed by atoms with Gasteiger partial charge in [-0.15, -0.1) is 12.4 Å². The van der Waals surface area contributed by atoms with Crippen LogP contribution in [-0.4, -0.2) is 18.5 Å². The predicted octanol–water partition coefficient (Wildman–Crippen LogP) is 3.31. The molecule has 108 valence electrons. The first-order chi connectivity index (χ1) is 8.49. The highest BCUT2D eigenvalue weighted by Gasteiger charge is 2.05. The molecule has 19 heavy (non-hydrogen) atoms. The predicted molar refractivity (Wildman–Crippen MR) is 86.0 cm³/mol. The van der Waals surface area contributed by atoms with E-state index in [1.807, 2.05) is 25.1 Å². The van der Waals surface area contributed by atoms with Crippen molar-refractivity contribution in [2.45, 2.75) is 32.2 Å². The number of nitrogens with two attached hydrogens (primary N) is 1. The Kier molecular flexibility index (Phi) is 9.44. The first kappa shape index (κ1) is 18.7. The molecule has 3 nitrogen and oxygen atoms in total. The zero-order chi connectivity index (χ0) is 13.5. The van der Waals surface area contributed by atoms with Crippen molar-refractivity contribution in [3.63, 3.8) is 0 Å². The van der Waals surface area contributed by atoms with Crippen LogP contribution in [0, 0.1) is 0 Å². The monoisotopic (exact) mass is 368 g/mol. The van der Waals surface area contributed by atoms with Gasteiger partial charge in [0.05, 0.1) is 0 Å². The van der Waals surface area contributed by atoms with E-state index in [-0.39, 0.29) is 24.4 Å². The molecule has 0 fully saturated rings. The summed E-state index contributed by atoms with van der Waals surface area (Å²) in [6.07, 6.45) is 1.93. The average Bonchev–Trinajstić information content (AvgIpc) is 2.30. The SMILES string of the molecule is CC(N)CCNC(=O)CCc1cc(Cl)ccc1Br.Cl. The molecule has 1 amide bonds. The number of nitrogens with one attached hydrogen (secondary N) is 1. The van der Waals surface area contributed by atoms with Crippen LogP contribution < -0.4 is 11.1 Å². The fourth-order valence-electron chi connectivity index (χ4n) is 1.51. The third kappa shape index (κ3) is 7.78. The molecule has 0 radical (unpaired) electrons. The highest BCUT2D eigenvalue weighted by atomic mass is 79.9. The number of carbonyl (C=O) groups is 1. The first-order valence-corrected chi connectivity index (χ1v) is 7.12. The Labute approximate surface area is 133 Å². The van der Waals surface area contributed by atoms with E-state index in [2.05, 4.69) is 21.2 Å². The Morgan fingerprint density at radius 1 is 1.53 bits per heavy atom. The van der Waals surface area contributed by atoms with Crippen LogP contribution in [0.25, 0.3) is 0 Å². The minimum atomic E-state index is 0. The molecular weight excluding hydrogens is 351 g/mol. The fourth-order valence-corrected chi connectivity index (χ4v) is 2.15. The van der Waals surface area contributed by atoms with Crippen LogP contribution in [0.2, 0.25) is 5.02 Å². The van der Waals surface area contributed by atoms with E-state index in [1.54, 1.807) is 0 Å². The molecule has 0 saturated heterocycles. The molecule has 1 unspecified atom stereocenters. The van der Waals surface area contributed by atoms with Gasteiger partial charge in [-0.2, -0.15) is 0 Å². The summed E-state index contributed by atoms with van der Waals surface area (Å²) in [5.41, 5.74) is 6.65. The fraction of sp³-hybridized carbons (Fsp3) is 0.462. The summed E-state index contributed by atoms with van der Waals surface area (Å²) in [4.78, 5) is 11.6. The number of halogens is 3. The van der Waals surface area contributed by atoms with E-state index in [9.17, 15) is 4.79 Å². The smallest absolute Gasteiger partial charge is 0.220 e. The quantitative estimate of drug-likeness (QED) is 0.808. The standard InChI is InChI=1S/C13H18BrClN2O.ClH/c1-9(16)6-7-17-13(18)5-2-10-8-11(15)3-4-12(10)14;/h3-4,8-9H,2,5-7,16H2,1H3,(H,17,18);1H. The van der Waals surface area contributed by atoms with Gasteiger partial charge in [-0.1, -0.05) is 27.5 Å². The summed E-state index contributed by atoms with van der Waals surface area (Å²) in [5.74, 6) is 0.0440. The second-order valence-electron chi connectivity index (χ2n) is 4.35. The summed E-state index contributed by atoms with van der Waals surface area (Å²) >= 11 is 9.36. The number of benzene rings is 1. The average molecular weight is 370 g/mol. The summed E-state index contributed by atoms with van der Waals surface area (Å²) < 4.78 is 0.982. The summed E-state index contributed by atoms with van der Waals surface area (Å²) in [5, 5.41) is 3.54. The summed E-state index contributed by atoms with van der Waals surface area (Å²) in [6.45, 7) is 2.56. The minimum Gasteiger partial charge on any atom is -0.356 e. The van der Waals surface area contributed by atoms with Gasteiger partial charge >= 0.3 is 0 Å². The lowest BCUT2D eigenvalue weighted by Gasteiger charge is -2.08. The van der Waals surface area contributed by atoms with Gasteiger partial charge in [0.25, 0.3) is 0 Å². The zero-order valence-corrected chi connectivity index (χ0v) is 13.9. The largest absolute Gasteiger partial charge is 0.356 e. The van der Waals surface area contributed by atoms with Crippen molar-refractivity contribution in [3.05, 3.63) is 33.3 Å². The van der Waals surface area contributed by atoms with Crippen molar-refractivity contribution < 1.29 is 4.79 Å². The van der Waals surface area contributed by atoms with Gasteiger partial charge in [-0.3, -0.25) is 4.79 Å². The molecule has 3 N–H and O–H groups in total. The van der Waals surface area contributed by atoms with Crippen LogP contribution in [0.15, 0.2) is 22.7 Å². The van der Waals surface area contributed by atoms with Crippen molar-refractivity contribution in [1.29, 1.82) is 0 Å². The Hall–Kier alpha value is -0.290. The molecule has 0 saturated carbocycles. The molecule has 0 bridgehead atoms. The van der Waals surface area contributed by atoms with Gasteiger partial charge in [0.2, 0.25) is 5.91 Å². The van der Waals surface area contributed by atoms with Crippen molar-refractivity contribution in [2.24, 2.45) is 5.73 Å². The molecular formula is C13H19BrCl2N2O. The van der Waals surface area contributed by atoms with Gasteiger partial charge in [0.15, 0.2) is 0 Å². The maximum Gasteiger partial charge on any atom is 0.220 e. The molecule has 1 rings (SSSR count). The van der Waals surface area contributed by atoms with Crippen LogP contribution >= 0.6 is 39.9 Å². The second kappa shape index (κ2) is 9.59. The van der Waals surface area contributed by atoms with Crippen molar-refractivity contribution in [3.8, 4) is 0 Å². The van der Waals surface area contributed by atoms with Crippen molar-refractivity contribution in [1.82, 2.24) is 5.32 Å². The first-order valence-electron chi connectivity index (χ1n) is 5.95. The van der Waals surface area contributed by atoms with Gasteiger partial charge < -0.3 is 11.1 Å². The number of aryl methyl sites for hydroxylation is 1. The second-order valence-corrected chi connectivity index (χ2v) is 5.64. The molecule has 0 aliphatic rings. The molecule has 1 atom stereocenters. The lowest BCUT2D eigenvalue weighted by molar-refractivity contribution is -0.121. The number of carbonyl (C=O) groups excluding carboxylic acids is 1. The van der Waals surface area contributed by atoms with Gasteiger partial charge in [0.1, 0.15) is 0 Å². The number of hydrogen-bond acceptors (Lipinski definition) is 2. The summed E-state index contributed by atoms with van der Waals surface area (Å²) in [6, 6.07) is 5.71. The third-order valence-corrected chi connectivity index (χ3v) is 3.56. The molecule has 0 aliphatic heterocycles. The number of rotatable bonds is 6. The Balaban J connectivity index is 0.00000324. The molecule has 0 heterocycles.